The molecule has 162 valence electrons. The first-order chi connectivity index (χ1) is 15.5. The molecule has 3 amide bonds. The maximum absolute atomic E-state index is 12.7. The molecule has 1 fully saturated rings. The first-order valence-corrected chi connectivity index (χ1v) is 10.6. The first kappa shape index (κ1) is 20.0. The lowest BCUT2D eigenvalue weighted by Crippen LogP contribution is -2.58. The summed E-state index contributed by atoms with van der Waals surface area (Å²) in [5.74, 6) is -0.512. The fourth-order valence-corrected chi connectivity index (χ4v) is 4.36. The molecule has 1 saturated heterocycles. The van der Waals surface area contributed by atoms with Crippen LogP contribution in [0.4, 0.5) is 11.4 Å². The molecule has 0 radical (unpaired) electrons. The zero-order chi connectivity index (χ0) is 22.1. The Hall–Kier alpha value is -3.94. The van der Waals surface area contributed by atoms with Crippen LogP contribution in [0.3, 0.4) is 0 Å². The van der Waals surface area contributed by atoms with Crippen LogP contribution in [0.15, 0.2) is 60.8 Å². The Kier molecular flexibility index (Phi) is 4.97. The zero-order valence-electron chi connectivity index (χ0n) is 17.4. The molecule has 0 bridgehead atoms. The molecule has 1 atom stereocenters. The highest BCUT2D eigenvalue weighted by molar-refractivity contribution is 6.02. The molecule has 1 spiro atoms. The van der Waals surface area contributed by atoms with Crippen LogP contribution in [0.5, 0.6) is 0 Å². The van der Waals surface area contributed by atoms with Crippen molar-refractivity contribution in [2.24, 2.45) is 0 Å². The second kappa shape index (κ2) is 7.96. The number of amides is 3. The minimum atomic E-state index is -0.697. The normalized spacial score (nSPS) is 20.3. The fraction of sp³-hybridized carbons (Fsp3) is 0.250. The van der Waals surface area contributed by atoms with Crippen LogP contribution in [-0.2, 0) is 9.59 Å². The van der Waals surface area contributed by atoms with E-state index < -0.39 is 5.66 Å². The van der Waals surface area contributed by atoms with Crippen molar-refractivity contribution in [2.45, 2.75) is 24.9 Å². The molecule has 8 heteroatoms. The van der Waals surface area contributed by atoms with Crippen LogP contribution in [-0.4, -0.2) is 46.4 Å². The minimum Gasteiger partial charge on any atom is -0.362 e. The number of hydrogen-bond donors (Lipinski definition) is 3. The maximum atomic E-state index is 12.7. The van der Waals surface area contributed by atoms with E-state index in [2.05, 4.69) is 20.9 Å². The summed E-state index contributed by atoms with van der Waals surface area (Å²) in [7, 11) is 0. The Morgan fingerprint density at radius 1 is 1.06 bits per heavy atom. The number of para-hydroxylation sites is 1. The molecule has 32 heavy (non-hydrogen) atoms. The van der Waals surface area contributed by atoms with Gasteiger partial charge in [-0.3, -0.25) is 19.4 Å². The van der Waals surface area contributed by atoms with E-state index in [1.54, 1.807) is 23.2 Å². The largest absolute Gasteiger partial charge is 0.362 e. The third-order valence-corrected chi connectivity index (χ3v) is 6.05. The molecule has 0 saturated carbocycles. The highest BCUT2D eigenvalue weighted by Gasteiger charge is 2.40. The highest BCUT2D eigenvalue weighted by atomic mass is 16.2. The summed E-state index contributed by atoms with van der Waals surface area (Å²) >= 11 is 0. The number of nitrogens with one attached hydrogen (secondary N) is 3. The van der Waals surface area contributed by atoms with Gasteiger partial charge in [0.15, 0.2) is 0 Å². The van der Waals surface area contributed by atoms with E-state index in [9.17, 15) is 14.4 Å². The number of hydrogen-bond acceptors (Lipinski definition) is 5. The number of pyridine rings is 1. The summed E-state index contributed by atoms with van der Waals surface area (Å²) in [6.07, 6.45) is 2.93. The van der Waals surface area contributed by atoms with Crippen molar-refractivity contribution in [3.05, 3.63) is 66.4 Å². The minimum absolute atomic E-state index is 0.0372. The monoisotopic (exact) mass is 429 g/mol. The molecular weight excluding hydrogens is 406 g/mol. The Labute approximate surface area is 185 Å². The summed E-state index contributed by atoms with van der Waals surface area (Å²) in [5.41, 5.74) is 2.17. The molecule has 3 N–H and O–H groups in total. The van der Waals surface area contributed by atoms with Crippen LogP contribution in [0, 0.1) is 0 Å². The third-order valence-electron chi connectivity index (χ3n) is 6.05. The maximum Gasteiger partial charge on any atom is 0.255 e. The van der Waals surface area contributed by atoms with Gasteiger partial charge in [0.25, 0.3) is 5.91 Å². The first-order valence-electron chi connectivity index (χ1n) is 10.6. The number of aromatic nitrogens is 1. The third kappa shape index (κ3) is 3.87. The van der Waals surface area contributed by atoms with Gasteiger partial charge in [-0.1, -0.05) is 18.2 Å². The Bertz CT molecular complexity index is 1230. The van der Waals surface area contributed by atoms with Crippen LogP contribution in [0.25, 0.3) is 10.9 Å². The number of likely N-dealkylation sites (tertiary alicyclic amines) is 1. The average Bonchev–Trinajstić information content (AvgIpc) is 2.93. The topological polar surface area (TPSA) is 103 Å². The van der Waals surface area contributed by atoms with E-state index in [0.29, 0.717) is 30.6 Å². The number of fused-ring (bicyclic) bond motifs is 2. The molecule has 2 aliphatic heterocycles. The summed E-state index contributed by atoms with van der Waals surface area (Å²) in [4.78, 5) is 43.8. The molecule has 8 nitrogen and oxygen atoms in total. The molecule has 2 aromatic carbocycles. The van der Waals surface area contributed by atoms with Crippen molar-refractivity contribution < 1.29 is 14.4 Å². The average molecular weight is 429 g/mol. The number of benzene rings is 2. The van der Waals surface area contributed by atoms with Crippen LogP contribution in [0.1, 0.15) is 29.6 Å². The van der Waals surface area contributed by atoms with Crippen molar-refractivity contribution in [1.82, 2.24) is 15.2 Å². The predicted molar refractivity (Wildman–Crippen MR) is 121 cm³/mol. The molecule has 5 rings (SSSR count). The van der Waals surface area contributed by atoms with Gasteiger partial charge >= 0.3 is 0 Å². The number of carbonyl (C=O) groups excluding carboxylic acids is 3. The fourth-order valence-electron chi connectivity index (χ4n) is 4.36. The van der Waals surface area contributed by atoms with Gasteiger partial charge in [0, 0.05) is 42.3 Å². The van der Waals surface area contributed by atoms with Gasteiger partial charge in [0.1, 0.15) is 5.66 Å². The van der Waals surface area contributed by atoms with Gasteiger partial charge in [0.2, 0.25) is 11.8 Å². The Morgan fingerprint density at radius 2 is 1.94 bits per heavy atom. The van der Waals surface area contributed by atoms with E-state index in [1.807, 2.05) is 42.5 Å². The van der Waals surface area contributed by atoms with E-state index in [-0.39, 0.29) is 30.7 Å². The molecular formula is C24H23N5O3. The summed E-state index contributed by atoms with van der Waals surface area (Å²) in [6.45, 7) is 0.327. The van der Waals surface area contributed by atoms with Gasteiger partial charge in [-0.25, -0.2) is 0 Å². The van der Waals surface area contributed by atoms with Crippen molar-refractivity contribution in [3.63, 3.8) is 0 Å². The second-order valence-electron chi connectivity index (χ2n) is 8.23. The van der Waals surface area contributed by atoms with Crippen LogP contribution in [0.2, 0.25) is 0 Å². The van der Waals surface area contributed by atoms with Gasteiger partial charge in [-0.2, -0.15) is 0 Å². The lowest BCUT2D eigenvalue weighted by Gasteiger charge is -2.39. The quantitative estimate of drug-likeness (QED) is 0.594. The van der Waals surface area contributed by atoms with Crippen molar-refractivity contribution in [3.8, 4) is 0 Å². The highest BCUT2D eigenvalue weighted by Crippen LogP contribution is 2.31. The van der Waals surface area contributed by atoms with E-state index in [4.69, 9.17) is 0 Å². The summed E-state index contributed by atoms with van der Waals surface area (Å²) < 4.78 is 0. The lowest BCUT2D eigenvalue weighted by atomic mass is 9.95. The summed E-state index contributed by atoms with van der Waals surface area (Å²) in [6, 6.07) is 16.6. The Balaban J connectivity index is 1.26. The molecule has 2 aliphatic rings. The van der Waals surface area contributed by atoms with E-state index in [0.717, 1.165) is 16.6 Å². The summed E-state index contributed by atoms with van der Waals surface area (Å²) in [5, 5.41) is 10.3. The number of rotatable bonds is 3. The number of nitrogens with zero attached hydrogens (tertiary/aromatic N) is 2. The van der Waals surface area contributed by atoms with Crippen molar-refractivity contribution in [2.75, 3.05) is 23.7 Å². The van der Waals surface area contributed by atoms with Crippen molar-refractivity contribution in [1.29, 1.82) is 0 Å². The standard InChI is InChI=1S/C24H23N5O3/c30-21(26-17-7-8-19-16(14-17)4-3-12-25-19)15-29-13-11-24(10-9-22(29)31)27-20-6-2-1-5-18(20)23(32)28-24/h1-8,12,14,27H,9-11,13,15H2,(H,26,30)(H,28,32)/t24-/m1/s1. The van der Waals surface area contributed by atoms with Gasteiger partial charge < -0.3 is 20.9 Å². The molecule has 3 heterocycles. The van der Waals surface area contributed by atoms with Gasteiger partial charge in [-0.15, -0.1) is 0 Å². The van der Waals surface area contributed by atoms with Gasteiger partial charge in [-0.05, 0) is 42.8 Å². The van der Waals surface area contributed by atoms with Crippen LogP contribution < -0.4 is 16.0 Å². The van der Waals surface area contributed by atoms with Crippen molar-refractivity contribution >= 4 is 40.0 Å². The van der Waals surface area contributed by atoms with Crippen LogP contribution >= 0.6 is 0 Å². The lowest BCUT2D eigenvalue weighted by molar-refractivity contribution is -0.134. The zero-order valence-corrected chi connectivity index (χ0v) is 17.4. The SMILES string of the molecule is O=C(CN1CC[C@@]2(CCC1=O)NC(=O)c1ccccc1N2)Nc1ccc2ncccc2c1. The second-order valence-corrected chi connectivity index (χ2v) is 8.23. The number of carbonyl (C=O) groups is 3. The van der Waals surface area contributed by atoms with Gasteiger partial charge in [0.05, 0.1) is 17.6 Å². The van der Waals surface area contributed by atoms with E-state index >= 15 is 0 Å². The molecule has 1 aromatic heterocycles. The molecule has 0 aliphatic carbocycles. The molecule has 0 unspecified atom stereocenters. The number of anilines is 2. The smallest absolute Gasteiger partial charge is 0.255 e. The molecule has 3 aromatic rings. The Morgan fingerprint density at radius 3 is 2.84 bits per heavy atom. The van der Waals surface area contributed by atoms with E-state index in [1.165, 1.54) is 0 Å². The predicted octanol–water partition coefficient (Wildman–Crippen LogP) is 2.74.